The van der Waals surface area contributed by atoms with Gasteiger partial charge in [0.25, 0.3) is 0 Å². The van der Waals surface area contributed by atoms with Crippen molar-refractivity contribution in [2.24, 2.45) is 0 Å². The molecule has 0 aliphatic heterocycles. The second-order valence-electron chi connectivity index (χ2n) is 4.43. The van der Waals surface area contributed by atoms with Crippen LogP contribution in [0.5, 0.6) is 0 Å². The van der Waals surface area contributed by atoms with Gasteiger partial charge in [-0.2, -0.15) is 0 Å². The fourth-order valence-corrected chi connectivity index (χ4v) is 2.22. The van der Waals surface area contributed by atoms with Gasteiger partial charge in [0.05, 0.1) is 5.52 Å². The number of pyridine rings is 1. The molecule has 0 radical (unpaired) electrons. The third kappa shape index (κ3) is 3.06. The third-order valence-corrected chi connectivity index (χ3v) is 3.22. The average molecular weight is 244 g/mol. The molecule has 1 N–H and O–H groups in total. The number of aromatic nitrogens is 1. The van der Waals surface area contributed by atoms with E-state index in [0.29, 0.717) is 6.04 Å². The van der Waals surface area contributed by atoms with Crippen LogP contribution in [-0.4, -0.2) is 25.7 Å². The van der Waals surface area contributed by atoms with Gasteiger partial charge in [-0.25, -0.2) is 0 Å². The summed E-state index contributed by atoms with van der Waals surface area (Å²) in [5, 5.41) is 4.56. The highest BCUT2D eigenvalue weighted by molar-refractivity contribution is 5.79. The van der Waals surface area contributed by atoms with Crippen molar-refractivity contribution in [3.63, 3.8) is 0 Å². The molecule has 1 unspecified atom stereocenters. The van der Waals surface area contributed by atoms with Crippen LogP contribution in [0.2, 0.25) is 0 Å². The minimum Gasteiger partial charge on any atom is -0.385 e. The van der Waals surface area contributed by atoms with Crippen molar-refractivity contribution in [3.05, 3.63) is 42.1 Å². The van der Waals surface area contributed by atoms with Gasteiger partial charge in [-0.3, -0.25) is 4.98 Å². The molecular weight excluding hydrogens is 224 g/mol. The van der Waals surface area contributed by atoms with E-state index in [1.54, 1.807) is 7.11 Å². The smallest absolute Gasteiger partial charge is 0.0702 e. The summed E-state index contributed by atoms with van der Waals surface area (Å²) in [6, 6.07) is 10.9. The lowest BCUT2D eigenvalue weighted by Crippen LogP contribution is -2.16. The van der Waals surface area contributed by atoms with Crippen LogP contribution in [0.1, 0.15) is 24.4 Å². The second-order valence-corrected chi connectivity index (χ2v) is 4.43. The molecule has 3 nitrogen and oxygen atoms in total. The Balaban J connectivity index is 2.17. The predicted octanol–water partition coefficient (Wildman–Crippen LogP) is 2.92. The number of methoxy groups -OCH3 is 1. The largest absolute Gasteiger partial charge is 0.385 e. The third-order valence-electron chi connectivity index (χ3n) is 3.22. The van der Waals surface area contributed by atoms with Gasteiger partial charge >= 0.3 is 0 Å². The maximum Gasteiger partial charge on any atom is 0.0702 e. The minimum absolute atomic E-state index is 0.379. The normalized spacial score (nSPS) is 12.8. The molecule has 0 amide bonds. The van der Waals surface area contributed by atoms with Crippen LogP contribution in [0.15, 0.2) is 36.5 Å². The van der Waals surface area contributed by atoms with Gasteiger partial charge in [0.2, 0.25) is 0 Å². The average Bonchev–Trinajstić information content (AvgIpc) is 2.43. The molecule has 18 heavy (non-hydrogen) atoms. The van der Waals surface area contributed by atoms with Crippen molar-refractivity contribution in [2.75, 3.05) is 20.8 Å². The molecule has 1 aromatic carbocycles. The molecule has 0 spiro atoms. The number of fused-ring (bicyclic) bond motifs is 1. The van der Waals surface area contributed by atoms with E-state index in [1.165, 1.54) is 10.9 Å². The second kappa shape index (κ2) is 6.47. The van der Waals surface area contributed by atoms with Crippen LogP contribution in [0.25, 0.3) is 10.9 Å². The fraction of sp³-hybridized carbons (Fsp3) is 0.400. The van der Waals surface area contributed by atoms with Gasteiger partial charge in [0, 0.05) is 31.3 Å². The van der Waals surface area contributed by atoms with Crippen molar-refractivity contribution >= 4 is 10.9 Å². The number of nitrogens with zero attached hydrogens (tertiary/aromatic N) is 1. The molecule has 0 saturated heterocycles. The van der Waals surface area contributed by atoms with Crippen LogP contribution in [0, 0.1) is 0 Å². The van der Waals surface area contributed by atoms with E-state index in [0.717, 1.165) is 25.0 Å². The van der Waals surface area contributed by atoms with Crippen LogP contribution in [0.4, 0.5) is 0 Å². The first-order valence-corrected chi connectivity index (χ1v) is 6.36. The molecule has 2 rings (SSSR count). The van der Waals surface area contributed by atoms with Gasteiger partial charge in [-0.1, -0.05) is 12.1 Å². The first-order valence-electron chi connectivity index (χ1n) is 6.36. The fourth-order valence-electron chi connectivity index (χ4n) is 2.22. The zero-order valence-corrected chi connectivity index (χ0v) is 11.0. The maximum absolute atomic E-state index is 5.11. The Morgan fingerprint density at radius 2 is 2.22 bits per heavy atom. The van der Waals surface area contributed by atoms with Crippen molar-refractivity contribution in [2.45, 2.75) is 18.9 Å². The molecule has 0 aliphatic carbocycles. The summed E-state index contributed by atoms with van der Waals surface area (Å²) in [4.78, 5) is 4.34. The summed E-state index contributed by atoms with van der Waals surface area (Å²) < 4.78 is 5.11. The zero-order chi connectivity index (χ0) is 12.8. The highest BCUT2D eigenvalue weighted by Gasteiger charge is 2.09. The van der Waals surface area contributed by atoms with Crippen molar-refractivity contribution < 1.29 is 4.74 Å². The van der Waals surface area contributed by atoms with Gasteiger partial charge in [0.1, 0.15) is 0 Å². The molecule has 0 aliphatic rings. The van der Waals surface area contributed by atoms with E-state index in [4.69, 9.17) is 4.74 Å². The molecule has 1 heterocycles. The molecule has 0 saturated carbocycles. The van der Waals surface area contributed by atoms with E-state index in [9.17, 15) is 0 Å². The lowest BCUT2D eigenvalue weighted by Gasteiger charge is -2.16. The van der Waals surface area contributed by atoms with Gasteiger partial charge in [0.15, 0.2) is 0 Å². The van der Waals surface area contributed by atoms with Gasteiger partial charge in [-0.05, 0) is 43.7 Å². The van der Waals surface area contributed by atoms with Gasteiger partial charge in [-0.15, -0.1) is 0 Å². The molecule has 1 atom stereocenters. The van der Waals surface area contributed by atoms with Crippen molar-refractivity contribution in [1.82, 2.24) is 10.3 Å². The molecule has 2 aromatic rings. The summed E-state index contributed by atoms with van der Waals surface area (Å²) in [6.07, 6.45) is 3.97. The summed E-state index contributed by atoms with van der Waals surface area (Å²) in [5.41, 5.74) is 2.36. The maximum atomic E-state index is 5.11. The highest BCUT2D eigenvalue weighted by Crippen LogP contribution is 2.22. The Morgan fingerprint density at radius 1 is 1.33 bits per heavy atom. The number of hydrogen-bond donors (Lipinski definition) is 1. The number of ether oxygens (including phenoxy) is 1. The topological polar surface area (TPSA) is 34.1 Å². The Hall–Kier alpha value is -1.45. The van der Waals surface area contributed by atoms with E-state index in [-0.39, 0.29) is 0 Å². The summed E-state index contributed by atoms with van der Waals surface area (Å²) in [5.74, 6) is 0. The van der Waals surface area contributed by atoms with E-state index >= 15 is 0 Å². The Bertz CT molecular complexity index is 499. The van der Waals surface area contributed by atoms with E-state index in [2.05, 4.69) is 34.6 Å². The lowest BCUT2D eigenvalue weighted by molar-refractivity contribution is 0.189. The van der Waals surface area contributed by atoms with Crippen LogP contribution >= 0.6 is 0 Å². The first-order chi connectivity index (χ1) is 8.85. The van der Waals surface area contributed by atoms with E-state index in [1.807, 2.05) is 19.3 Å². The summed E-state index contributed by atoms with van der Waals surface area (Å²) >= 11 is 0. The van der Waals surface area contributed by atoms with Crippen molar-refractivity contribution in [1.29, 1.82) is 0 Å². The Kier molecular flexibility index (Phi) is 4.67. The quantitative estimate of drug-likeness (QED) is 0.793. The molecule has 1 aromatic heterocycles. The number of benzene rings is 1. The van der Waals surface area contributed by atoms with Crippen LogP contribution in [0.3, 0.4) is 0 Å². The van der Waals surface area contributed by atoms with Crippen LogP contribution in [-0.2, 0) is 4.74 Å². The predicted molar refractivity (Wildman–Crippen MR) is 74.7 cm³/mol. The van der Waals surface area contributed by atoms with Crippen LogP contribution < -0.4 is 5.32 Å². The standard InChI is InChI=1S/C15H20N2O/c1-16-14(6-4-10-18-2)13-7-8-15-12(11-13)5-3-9-17-15/h3,5,7-9,11,14,16H,4,6,10H2,1-2H3. The zero-order valence-electron chi connectivity index (χ0n) is 11.0. The molecular formula is C15H20N2O. The Labute approximate surface area is 108 Å². The molecule has 96 valence electrons. The first kappa shape index (κ1) is 13.0. The number of nitrogens with one attached hydrogen (secondary N) is 1. The highest BCUT2D eigenvalue weighted by atomic mass is 16.5. The van der Waals surface area contributed by atoms with Crippen molar-refractivity contribution in [3.8, 4) is 0 Å². The summed E-state index contributed by atoms with van der Waals surface area (Å²) in [6.45, 7) is 0.813. The Morgan fingerprint density at radius 3 is 3.00 bits per heavy atom. The molecule has 0 fully saturated rings. The monoisotopic (exact) mass is 244 g/mol. The lowest BCUT2D eigenvalue weighted by atomic mass is 10.0. The number of hydrogen-bond acceptors (Lipinski definition) is 3. The molecule has 3 heteroatoms. The van der Waals surface area contributed by atoms with E-state index < -0.39 is 0 Å². The van der Waals surface area contributed by atoms with Gasteiger partial charge < -0.3 is 10.1 Å². The summed E-state index contributed by atoms with van der Waals surface area (Å²) in [7, 11) is 3.75. The SMILES string of the molecule is CNC(CCCOC)c1ccc2ncccc2c1. The molecule has 0 bridgehead atoms. The number of rotatable bonds is 6. The minimum atomic E-state index is 0.379.